The summed E-state index contributed by atoms with van der Waals surface area (Å²) in [6.45, 7) is 0.560. The first kappa shape index (κ1) is 30.3. The molecule has 214 valence electrons. The zero-order chi connectivity index (χ0) is 28.4. The van der Waals surface area contributed by atoms with Crippen molar-refractivity contribution < 1.29 is 75.2 Å². The molecule has 0 bridgehead atoms. The Morgan fingerprint density at radius 1 is 1.15 bits per heavy atom. The molecule has 0 spiro atoms. The Morgan fingerprint density at radius 2 is 1.82 bits per heavy atom. The van der Waals surface area contributed by atoms with Crippen LogP contribution >= 0.6 is 0 Å². The monoisotopic (exact) mass is 727 g/mol. The van der Waals surface area contributed by atoms with E-state index in [1.54, 1.807) is 6.92 Å². The number of phenols is 2. The van der Waals surface area contributed by atoms with Crippen molar-refractivity contribution in [1.82, 2.24) is 0 Å². The van der Waals surface area contributed by atoms with E-state index in [0.29, 0.717) is 0 Å². The number of nitrogens with two attached hydrogens (primary N) is 1. The number of ketones is 3. The number of aliphatic hydroxyl groups excluding tert-OH is 2. The second kappa shape index (κ2) is 10.9. The smallest absolute Gasteiger partial charge is 0.202 e. The van der Waals surface area contributed by atoms with Gasteiger partial charge in [0.1, 0.15) is 29.5 Å². The Hall–Kier alpha value is -2.70. The molecule has 7 N–H and O–H groups in total. The number of benzene rings is 2. The molecule has 2 aliphatic carbocycles. The number of aromatic hydroxyl groups is 2. The van der Waals surface area contributed by atoms with Gasteiger partial charge in [0.15, 0.2) is 17.9 Å². The predicted octanol–water partition coefficient (Wildman–Crippen LogP) is -0.00120. The van der Waals surface area contributed by atoms with Crippen LogP contribution in [0.3, 0.4) is 0 Å². The number of rotatable bonds is 5. The van der Waals surface area contributed by atoms with Gasteiger partial charge in [-0.1, -0.05) is 12.1 Å². The number of fused-ring (bicyclic) bond motifs is 3. The van der Waals surface area contributed by atoms with E-state index in [4.69, 9.17) is 19.9 Å². The van der Waals surface area contributed by atoms with Crippen LogP contribution in [0.2, 0.25) is 0 Å². The minimum absolute atomic E-state index is 0. The van der Waals surface area contributed by atoms with Crippen molar-refractivity contribution in [3.05, 3.63) is 51.6 Å². The van der Waals surface area contributed by atoms with Gasteiger partial charge < -0.3 is 45.5 Å². The van der Waals surface area contributed by atoms with Crippen molar-refractivity contribution in [2.45, 2.75) is 62.4 Å². The third-order valence-corrected chi connectivity index (χ3v) is 7.81. The average molecular weight is 727 g/mol. The van der Waals surface area contributed by atoms with Gasteiger partial charge >= 0.3 is 0 Å². The second-order valence-corrected chi connectivity index (χ2v) is 10.2. The first-order chi connectivity index (χ1) is 18.4. The summed E-state index contributed by atoms with van der Waals surface area (Å²) < 4.78 is 17.0. The molecule has 1 fully saturated rings. The van der Waals surface area contributed by atoms with E-state index < -0.39 is 95.7 Å². The Bertz CT molecular complexity index is 1380. The molecule has 0 aromatic heterocycles. The number of Topliss-reactive ketones (excluding diaryl/α,β-unsaturated/α-hetero) is 1. The second-order valence-electron chi connectivity index (χ2n) is 10.2. The topological polar surface area (TPSA) is 206 Å². The Morgan fingerprint density at radius 3 is 2.45 bits per heavy atom. The summed E-state index contributed by atoms with van der Waals surface area (Å²) in [7, 11) is 1.32. The molecule has 5 rings (SSSR count). The fourth-order valence-electron chi connectivity index (χ4n) is 5.75. The molecule has 12 nitrogen and oxygen atoms in total. The fourth-order valence-corrected chi connectivity index (χ4v) is 5.75. The molecular formula is C27H29NO11W. The summed E-state index contributed by atoms with van der Waals surface area (Å²) >= 11 is 0. The number of hydrogen-bond acceptors (Lipinski definition) is 12. The number of carbonyl (C=O) groups is 3. The van der Waals surface area contributed by atoms with E-state index in [9.17, 15) is 39.9 Å². The molecule has 13 heteroatoms. The van der Waals surface area contributed by atoms with Crippen LogP contribution in [0, 0.1) is 0 Å². The molecule has 2 aromatic carbocycles. The number of ether oxygens (including phenoxy) is 3. The third kappa shape index (κ3) is 4.57. The van der Waals surface area contributed by atoms with Crippen LogP contribution in [0.1, 0.15) is 68.8 Å². The van der Waals surface area contributed by atoms with Crippen LogP contribution in [0.15, 0.2) is 18.2 Å². The number of hydrogen-bond donors (Lipinski definition) is 6. The number of aliphatic hydroxyl groups is 3. The van der Waals surface area contributed by atoms with Gasteiger partial charge in [-0.25, -0.2) is 0 Å². The molecule has 0 saturated carbocycles. The van der Waals surface area contributed by atoms with E-state index in [-0.39, 0.29) is 55.5 Å². The van der Waals surface area contributed by atoms with Gasteiger partial charge in [-0.3, -0.25) is 14.4 Å². The van der Waals surface area contributed by atoms with Gasteiger partial charge in [0, 0.05) is 63.1 Å². The first-order valence-corrected chi connectivity index (χ1v) is 12.4. The fraction of sp³-hybridized carbons (Fsp3) is 0.444. The van der Waals surface area contributed by atoms with Crippen molar-refractivity contribution in [1.29, 1.82) is 0 Å². The Labute approximate surface area is 242 Å². The molecule has 0 radical (unpaired) electrons. The zero-order valence-corrected chi connectivity index (χ0v) is 24.6. The van der Waals surface area contributed by atoms with Gasteiger partial charge in [-0.15, -0.1) is 0 Å². The van der Waals surface area contributed by atoms with E-state index in [1.165, 1.54) is 25.3 Å². The van der Waals surface area contributed by atoms with Gasteiger partial charge in [0.2, 0.25) is 5.78 Å². The molecule has 6 atom stereocenters. The van der Waals surface area contributed by atoms with Gasteiger partial charge in [0.25, 0.3) is 0 Å². The number of phenolic OH excluding ortho intramolecular Hbond substituents is 2. The van der Waals surface area contributed by atoms with Crippen LogP contribution in [-0.4, -0.2) is 86.7 Å². The van der Waals surface area contributed by atoms with Crippen molar-refractivity contribution in [3.63, 3.8) is 0 Å². The van der Waals surface area contributed by atoms with Crippen LogP contribution in [0.25, 0.3) is 0 Å². The predicted molar refractivity (Wildman–Crippen MR) is 132 cm³/mol. The minimum Gasteiger partial charge on any atom is -0.507 e. The SMILES string of the molecule is COc1cccc2c1C(=O)c1c(O)c3c(c(O)c1C2=O)CC(O)(C(=O)CO)CC3OC1CC(N)C(O)C(C)O1.[W]. The quantitative estimate of drug-likeness (QED) is 0.192. The first-order valence-electron chi connectivity index (χ1n) is 12.4. The molecule has 0 amide bonds. The summed E-state index contributed by atoms with van der Waals surface area (Å²) in [6.07, 6.45) is -5.12. The van der Waals surface area contributed by atoms with Crippen molar-refractivity contribution in [2.75, 3.05) is 13.7 Å². The molecule has 3 aliphatic rings. The largest absolute Gasteiger partial charge is 0.507 e. The molecule has 1 aliphatic heterocycles. The summed E-state index contributed by atoms with van der Waals surface area (Å²) in [5, 5.41) is 53.7. The standard InChI is InChI=1S/C27H29NO11.W/c1-10-22(31)13(28)6-17(38-10)39-15-8-27(36,16(30)9-29)7-12-19(15)26(35)21-20(24(12)33)23(32)11-4-3-5-14(37-2)18(11)25(21)34;/h3-5,10,13,15,17,22,29,31,33,35-36H,6-9,28H2,1-2H3;. The van der Waals surface area contributed by atoms with E-state index >= 15 is 0 Å². The van der Waals surface area contributed by atoms with E-state index in [1.807, 2.05) is 0 Å². The van der Waals surface area contributed by atoms with Crippen molar-refractivity contribution in [2.24, 2.45) is 5.73 Å². The Kier molecular flexibility index (Phi) is 8.28. The van der Waals surface area contributed by atoms with Crippen molar-refractivity contribution >= 4 is 17.3 Å². The normalized spacial score (nSPS) is 29.1. The van der Waals surface area contributed by atoms with Crippen molar-refractivity contribution in [3.8, 4) is 17.2 Å². The average Bonchev–Trinajstić information content (AvgIpc) is 2.90. The van der Waals surface area contributed by atoms with Crippen LogP contribution < -0.4 is 10.5 Å². The molecule has 1 saturated heterocycles. The number of carbonyl (C=O) groups excluding carboxylic acids is 3. The Balaban J connectivity index is 0.00000370. The summed E-state index contributed by atoms with van der Waals surface area (Å²) in [5.41, 5.74) is 2.37. The van der Waals surface area contributed by atoms with Gasteiger partial charge in [-0.05, 0) is 13.0 Å². The zero-order valence-electron chi connectivity index (χ0n) is 21.6. The maximum Gasteiger partial charge on any atom is 0.202 e. The maximum atomic E-state index is 13.6. The van der Waals surface area contributed by atoms with E-state index in [0.717, 1.165) is 0 Å². The number of methoxy groups -OCH3 is 1. The summed E-state index contributed by atoms with van der Waals surface area (Å²) in [4.78, 5) is 39.7. The molecule has 2 aromatic rings. The maximum absolute atomic E-state index is 13.6. The molecular weight excluding hydrogens is 698 g/mol. The van der Waals surface area contributed by atoms with Crippen LogP contribution in [0.5, 0.6) is 17.2 Å². The van der Waals surface area contributed by atoms with Gasteiger partial charge in [0.05, 0.1) is 42.1 Å². The van der Waals surface area contributed by atoms with E-state index in [2.05, 4.69) is 0 Å². The minimum atomic E-state index is -2.24. The van der Waals surface area contributed by atoms with Gasteiger partial charge in [-0.2, -0.15) is 0 Å². The molecule has 40 heavy (non-hydrogen) atoms. The molecule has 6 unspecified atom stereocenters. The summed E-state index contributed by atoms with van der Waals surface area (Å²) in [6, 6.07) is 3.64. The third-order valence-electron chi connectivity index (χ3n) is 7.81. The van der Waals surface area contributed by atoms with Crippen LogP contribution in [0.4, 0.5) is 0 Å². The summed E-state index contributed by atoms with van der Waals surface area (Å²) in [5.74, 6) is -3.77. The molecule has 1 heterocycles. The van der Waals surface area contributed by atoms with Crippen LogP contribution in [-0.2, 0) is 41.8 Å².